The summed E-state index contributed by atoms with van der Waals surface area (Å²) in [6.07, 6.45) is -4.85. The topological polar surface area (TPSA) is 66.8 Å². The van der Waals surface area contributed by atoms with Crippen molar-refractivity contribution in [2.45, 2.75) is 31.5 Å². The molecule has 2 rings (SSSR count). The molecule has 5 nitrogen and oxygen atoms in total. The van der Waals surface area contributed by atoms with E-state index in [1.54, 1.807) is 7.05 Å². The molecule has 156 valence electrons. The summed E-state index contributed by atoms with van der Waals surface area (Å²) < 4.78 is 44.1. The molecule has 0 aliphatic rings. The summed E-state index contributed by atoms with van der Waals surface area (Å²) in [6.45, 7) is 0.304. The van der Waals surface area contributed by atoms with Crippen LogP contribution in [0.4, 0.5) is 13.2 Å². The van der Waals surface area contributed by atoms with E-state index in [1.165, 1.54) is 17.0 Å². The number of carbonyl (C=O) groups is 2. The second-order valence-corrected chi connectivity index (χ2v) is 6.54. The number of carbonyl (C=O) groups excluding carboxylic acids is 1. The lowest BCUT2D eigenvalue weighted by Crippen LogP contribution is -2.29. The van der Waals surface area contributed by atoms with Crippen LogP contribution in [0.5, 0.6) is 5.75 Å². The molecule has 2 aromatic carbocycles. The van der Waals surface area contributed by atoms with Gasteiger partial charge in [-0.1, -0.05) is 30.3 Å². The quantitative estimate of drug-likeness (QED) is 0.660. The van der Waals surface area contributed by atoms with Gasteiger partial charge in [0.1, 0.15) is 11.9 Å². The van der Waals surface area contributed by atoms with E-state index in [9.17, 15) is 22.8 Å². The van der Waals surface area contributed by atoms with E-state index in [0.29, 0.717) is 13.0 Å². The van der Waals surface area contributed by atoms with Gasteiger partial charge in [-0.3, -0.25) is 9.59 Å². The van der Waals surface area contributed by atoms with Gasteiger partial charge in [-0.05, 0) is 29.8 Å². The highest BCUT2D eigenvalue weighted by molar-refractivity contribution is 5.80. The van der Waals surface area contributed by atoms with Crippen LogP contribution in [0.2, 0.25) is 0 Å². The fourth-order valence-electron chi connectivity index (χ4n) is 2.69. The Hall–Kier alpha value is -3.03. The number of nitrogens with zero attached hydrogens (tertiary/aromatic N) is 1. The predicted molar refractivity (Wildman–Crippen MR) is 100 cm³/mol. The summed E-state index contributed by atoms with van der Waals surface area (Å²) in [7, 11) is 1.57. The first-order valence-electron chi connectivity index (χ1n) is 9.01. The Bertz CT molecular complexity index is 807. The summed E-state index contributed by atoms with van der Waals surface area (Å²) >= 11 is 0. The molecule has 0 aliphatic carbocycles. The highest BCUT2D eigenvalue weighted by atomic mass is 19.4. The number of ether oxygens (including phenoxy) is 1. The highest BCUT2D eigenvalue weighted by Crippen LogP contribution is 2.32. The molecule has 0 saturated heterocycles. The number of benzene rings is 2. The Kier molecular flexibility index (Phi) is 7.64. The molecule has 0 aromatic heterocycles. The van der Waals surface area contributed by atoms with Crippen LogP contribution in [0.25, 0.3) is 0 Å². The van der Waals surface area contributed by atoms with Crippen molar-refractivity contribution >= 4 is 11.9 Å². The maximum absolute atomic E-state index is 12.7. The molecule has 8 heteroatoms. The van der Waals surface area contributed by atoms with Crippen molar-refractivity contribution in [3.05, 3.63) is 65.7 Å². The molecule has 0 radical (unpaired) electrons. The zero-order valence-electron chi connectivity index (χ0n) is 15.9. The van der Waals surface area contributed by atoms with Gasteiger partial charge in [-0.25, -0.2) is 0 Å². The maximum Gasteiger partial charge on any atom is 0.416 e. The minimum absolute atomic E-state index is 0.0956. The van der Waals surface area contributed by atoms with Gasteiger partial charge >= 0.3 is 12.1 Å². The standard InChI is InChI=1S/C21H22F3NO4/c1-25(19(26)11-12-20(27)28)14-13-18(15-5-3-2-4-6-15)29-17-9-7-16(8-10-17)21(22,23)24/h2-10,18H,11-14H2,1H3,(H,27,28)/t18-/m0/s1. The van der Waals surface area contributed by atoms with Crippen molar-refractivity contribution in [2.75, 3.05) is 13.6 Å². The third-order valence-electron chi connectivity index (χ3n) is 4.34. The summed E-state index contributed by atoms with van der Waals surface area (Å²) in [6, 6.07) is 13.6. The van der Waals surface area contributed by atoms with Crippen LogP contribution < -0.4 is 4.74 Å². The SMILES string of the molecule is CN(CC[C@H](Oc1ccc(C(F)(F)F)cc1)c1ccccc1)C(=O)CCC(=O)O. The van der Waals surface area contributed by atoms with E-state index in [0.717, 1.165) is 17.7 Å². The van der Waals surface area contributed by atoms with Gasteiger partial charge in [0.05, 0.1) is 12.0 Å². The van der Waals surface area contributed by atoms with Crippen molar-refractivity contribution in [3.63, 3.8) is 0 Å². The number of halogens is 3. The van der Waals surface area contributed by atoms with Crippen LogP contribution >= 0.6 is 0 Å². The average Bonchev–Trinajstić information content (AvgIpc) is 2.69. The number of aliphatic carboxylic acids is 1. The molecule has 1 amide bonds. The third kappa shape index (κ3) is 7.14. The smallest absolute Gasteiger partial charge is 0.416 e. The van der Waals surface area contributed by atoms with Gasteiger partial charge < -0.3 is 14.7 Å². The summed E-state index contributed by atoms with van der Waals surface area (Å²) in [5.41, 5.74) is 0.0589. The van der Waals surface area contributed by atoms with Crippen LogP contribution in [-0.4, -0.2) is 35.5 Å². The van der Waals surface area contributed by atoms with E-state index in [-0.39, 0.29) is 24.5 Å². The van der Waals surface area contributed by atoms with Crippen molar-refractivity contribution in [1.82, 2.24) is 4.90 Å². The lowest BCUT2D eigenvalue weighted by atomic mass is 10.1. The highest BCUT2D eigenvalue weighted by Gasteiger charge is 2.30. The predicted octanol–water partition coefficient (Wildman–Crippen LogP) is 4.54. The van der Waals surface area contributed by atoms with Crippen LogP contribution in [0.15, 0.2) is 54.6 Å². The van der Waals surface area contributed by atoms with E-state index >= 15 is 0 Å². The molecule has 0 bridgehead atoms. The van der Waals surface area contributed by atoms with Crippen molar-refractivity contribution in [1.29, 1.82) is 0 Å². The molecule has 1 N–H and O–H groups in total. The van der Waals surface area contributed by atoms with Gasteiger partial charge in [-0.2, -0.15) is 13.2 Å². The number of carboxylic acids is 1. The average molecular weight is 409 g/mol. The zero-order valence-corrected chi connectivity index (χ0v) is 15.9. The number of hydrogen-bond acceptors (Lipinski definition) is 3. The number of carboxylic acid groups (broad SMARTS) is 1. The summed E-state index contributed by atoms with van der Waals surface area (Å²) in [5, 5.41) is 8.68. The molecule has 0 unspecified atom stereocenters. The molecule has 29 heavy (non-hydrogen) atoms. The molecular weight excluding hydrogens is 387 g/mol. The molecule has 0 heterocycles. The van der Waals surface area contributed by atoms with E-state index in [2.05, 4.69) is 0 Å². The second-order valence-electron chi connectivity index (χ2n) is 6.54. The third-order valence-corrected chi connectivity index (χ3v) is 4.34. The first kappa shape index (κ1) is 22.3. The Balaban J connectivity index is 2.06. The molecule has 0 spiro atoms. The number of hydrogen-bond donors (Lipinski definition) is 1. The number of amides is 1. The van der Waals surface area contributed by atoms with Crippen molar-refractivity contribution in [3.8, 4) is 5.75 Å². The molecule has 2 aromatic rings. The maximum atomic E-state index is 12.7. The van der Waals surface area contributed by atoms with Crippen molar-refractivity contribution < 1.29 is 32.6 Å². The normalized spacial score (nSPS) is 12.3. The number of alkyl halides is 3. The first-order chi connectivity index (χ1) is 13.7. The lowest BCUT2D eigenvalue weighted by molar-refractivity contribution is -0.140. The van der Waals surface area contributed by atoms with Crippen LogP contribution in [0.3, 0.4) is 0 Å². The fourth-order valence-corrected chi connectivity index (χ4v) is 2.69. The summed E-state index contributed by atoms with van der Waals surface area (Å²) in [5.74, 6) is -1.06. The molecule has 0 aliphatic heterocycles. The molecule has 0 saturated carbocycles. The van der Waals surface area contributed by atoms with Crippen LogP contribution in [0, 0.1) is 0 Å². The zero-order chi connectivity index (χ0) is 21.4. The molecule has 1 atom stereocenters. The fraction of sp³-hybridized carbons (Fsp3) is 0.333. The van der Waals surface area contributed by atoms with Gasteiger partial charge in [0.2, 0.25) is 5.91 Å². The van der Waals surface area contributed by atoms with E-state index < -0.39 is 23.8 Å². The number of rotatable bonds is 9. The molecule has 0 fully saturated rings. The van der Waals surface area contributed by atoms with E-state index in [1.807, 2.05) is 30.3 Å². The monoisotopic (exact) mass is 409 g/mol. The minimum atomic E-state index is -4.42. The van der Waals surface area contributed by atoms with Crippen LogP contribution in [0.1, 0.15) is 36.5 Å². The largest absolute Gasteiger partial charge is 0.486 e. The first-order valence-corrected chi connectivity index (χ1v) is 9.01. The Labute approximate surface area is 166 Å². The summed E-state index contributed by atoms with van der Waals surface area (Å²) in [4.78, 5) is 24.0. The Morgan fingerprint density at radius 3 is 2.21 bits per heavy atom. The van der Waals surface area contributed by atoms with Gasteiger partial charge in [-0.15, -0.1) is 0 Å². The Morgan fingerprint density at radius 2 is 1.66 bits per heavy atom. The minimum Gasteiger partial charge on any atom is -0.486 e. The van der Waals surface area contributed by atoms with Gasteiger partial charge in [0, 0.05) is 26.4 Å². The van der Waals surface area contributed by atoms with Gasteiger partial charge in [0.15, 0.2) is 0 Å². The van der Waals surface area contributed by atoms with Gasteiger partial charge in [0.25, 0.3) is 0 Å². The van der Waals surface area contributed by atoms with Crippen molar-refractivity contribution in [2.24, 2.45) is 0 Å². The van der Waals surface area contributed by atoms with E-state index in [4.69, 9.17) is 9.84 Å². The lowest BCUT2D eigenvalue weighted by Gasteiger charge is -2.23. The van der Waals surface area contributed by atoms with Crippen LogP contribution in [-0.2, 0) is 15.8 Å². The Morgan fingerprint density at radius 1 is 1.03 bits per heavy atom. The second kappa shape index (κ2) is 9.95. The molecular formula is C21H22F3NO4.